The highest BCUT2D eigenvalue weighted by Crippen LogP contribution is 2.34. The van der Waals surface area contributed by atoms with Crippen molar-refractivity contribution in [2.45, 2.75) is 64.8 Å². The van der Waals surface area contributed by atoms with Crippen LogP contribution in [0.25, 0.3) is 10.9 Å². The van der Waals surface area contributed by atoms with Gasteiger partial charge in [-0.3, -0.25) is 9.69 Å². The minimum atomic E-state index is -0.0259. The number of methoxy groups -OCH3 is 1. The van der Waals surface area contributed by atoms with Gasteiger partial charge in [0, 0.05) is 67.6 Å². The maximum Gasteiger partial charge on any atom is 0.325 e. The highest BCUT2D eigenvalue weighted by molar-refractivity contribution is 5.94. The van der Waals surface area contributed by atoms with Gasteiger partial charge in [0.05, 0.1) is 26.4 Å². The van der Waals surface area contributed by atoms with Crippen molar-refractivity contribution in [3.05, 3.63) is 54.2 Å². The molecule has 10 heteroatoms. The van der Waals surface area contributed by atoms with Gasteiger partial charge in [0.1, 0.15) is 6.54 Å². The molecule has 0 aliphatic carbocycles. The van der Waals surface area contributed by atoms with Crippen LogP contribution in [0.1, 0.15) is 45.1 Å². The molecule has 45 heavy (non-hydrogen) atoms. The van der Waals surface area contributed by atoms with E-state index in [0.717, 1.165) is 54.4 Å². The molecule has 2 aromatic carbocycles. The van der Waals surface area contributed by atoms with Gasteiger partial charge in [0.15, 0.2) is 11.5 Å². The lowest BCUT2D eigenvalue weighted by atomic mass is 10.1. The number of nitrogens with zero attached hydrogens (tertiary/aromatic N) is 5. The largest absolute Gasteiger partial charge is 0.493 e. The van der Waals surface area contributed by atoms with Gasteiger partial charge in [-0.2, -0.15) is 0 Å². The Hall–Kier alpha value is -3.76. The standard InChI is InChI=1S/C35H49N5O5/c1-6-7-8-19-45-33-21-28(12-13-32(33)43-5)39-17-14-26(2)40(35(39)42)22-27-10-9-11-31-30(27)15-16-37(31)25-34(41)38-18-20-44-29(24-38)23-36(3)4/h9-13,15-16,21,26,29H,6-8,14,17-20,22-25H2,1-5H3/t26-,29+/m0/s1. The monoisotopic (exact) mass is 619 g/mol. The van der Waals surface area contributed by atoms with Crippen molar-refractivity contribution in [2.75, 3.05) is 65.5 Å². The van der Waals surface area contributed by atoms with E-state index in [1.54, 1.807) is 7.11 Å². The SMILES string of the molecule is CCCCCOc1cc(N2CC[C@H](C)N(Cc3cccc4c3ccn4CC(=O)N3CCO[C@H](CN(C)C)C3)C2=O)ccc1OC. The topological polar surface area (TPSA) is 79.7 Å². The van der Waals surface area contributed by atoms with E-state index in [1.165, 1.54) is 0 Å². The number of anilines is 1. The van der Waals surface area contributed by atoms with Crippen molar-refractivity contribution in [1.29, 1.82) is 0 Å². The molecule has 2 saturated heterocycles. The number of aromatic nitrogens is 1. The summed E-state index contributed by atoms with van der Waals surface area (Å²) in [4.78, 5) is 35.1. The molecule has 2 aliphatic heterocycles. The zero-order chi connectivity index (χ0) is 31.9. The minimum Gasteiger partial charge on any atom is -0.493 e. The van der Waals surface area contributed by atoms with Gasteiger partial charge >= 0.3 is 6.03 Å². The molecule has 2 atom stereocenters. The van der Waals surface area contributed by atoms with Crippen LogP contribution in [0.2, 0.25) is 0 Å². The van der Waals surface area contributed by atoms with E-state index in [9.17, 15) is 9.59 Å². The van der Waals surface area contributed by atoms with E-state index in [4.69, 9.17) is 14.2 Å². The van der Waals surface area contributed by atoms with Gasteiger partial charge in [-0.25, -0.2) is 4.79 Å². The van der Waals surface area contributed by atoms with Crippen LogP contribution in [0.15, 0.2) is 48.7 Å². The van der Waals surface area contributed by atoms with Gasteiger partial charge in [-0.05, 0) is 63.7 Å². The Bertz CT molecular complexity index is 1460. The molecule has 10 nitrogen and oxygen atoms in total. The van der Waals surface area contributed by atoms with Crippen LogP contribution < -0.4 is 14.4 Å². The van der Waals surface area contributed by atoms with Gasteiger partial charge in [-0.15, -0.1) is 0 Å². The molecule has 0 radical (unpaired) electrons. The van der Waals surface area contributed by atoms with Crippen molar-refractivity contribution >= 4 is 28.5 Å². The number of unbranched alkanes of at least 4 members (excludes halogenated alkanes) is 2. The zero-order valence-corrected chi connectivity index (χ0v) is 27.5. The van der Waals surface area contributed by atoms with Crippen molar-refractivity contribution in [2.24, 2.45) is 0 Å². The lowest BCUT2D eigenvalue weighted by Crippen LogP contribution is -2.53. The molecule has 1 aromatic heterocycles. The molecule has 0 spiro atoms. The molecule has 2 fully saturated rings. The number of ether oxygens (including phenoxy) is 3. The second kappa shape index (κ2) is 15.0. The smallest absolute Gasteiger partial charge is 0.325 e. The third-order valence-corrected chi connectivity index (χ3v) is 8.85. The van der Waals surface area contributed by atoms with E-state index in [1.807, 2.05) is 69.9 Å². The van der Waals surface area contributed by atoms with E-state index < -0.39 is 0 Å². The highest BCUT2D eigenvalue weighted by Gasteiger charge is 2.33. The van der Waals surface area contributed by atoms with Crippen LogP contribution in [-0.4, -0.2) is 104 Å². The average molecular weight is 620 g/mol. The fraction of sp³-hybridized carbons (Fsp3) is 0.543. The fourth-order valence-corrected chi connectivity index (χ4v) is 6.31. The maximum absolute atomic E-state index is 14.0. The van der Waals surface area contributed by atoms with E-state index in [0.29, 0.717) is 50.9 Å². The lowest BCUT2D eigenvalue weighted by molar-refractivity contribution is -0.139. The number of carbonyl (C=O) groups excluding carboxylic acids is 2. The molecule has 3 aromatic rings. The van der Waals surface area contributed by atoms with Crippen LogP contribution >= 0.6 is 0 Å². The predicted molar refractivity (Wildman–Crippen MR) is 177 cm³/mol. The number of benzene rings is 2. The van der Waals surface area contributed by atoms with Gasteiger partial charge in [-0.1, -0.05) is 31.9 Å². The summed E-state index contributed by atoms with van der Waals surface area (Å²) in [5.41, 5.74) is 2.86. The molecule has 0 unspecified atom stereocenters. The Kier molecular flexibility index (Phi) is 10.9. The molecular formula is C35H49N5O5. The summed E-state index contributed by atoms with van der Waals surface area (Å²) in [5.74, 6) is 1.42. The first-order valence-electron chi connectivity index (χ1n) is 16.3. The third-order valence-electron chi connectivity index (χ3n) is 8.85. The summed E-state index contributed by atoms with van der Waals surface area (Å²) >= 11 is 0. The summed E-state index contributed by atoms with van der Waals surface area (Å²) < 4.78 is 19.5. The first-order chi connectivity index (χ1) is 21.8. The number of hydrogen-bond donors (Lipinski definition) is 0. The van der Waals surface area contributed by atoms with Crippen LogP contribution in [0, 0.1) is 0 Å². The fourth-order valence-electron chi connectivity index (χ4n) is 6.31. The summed E-state index contributed by atoms with van der Waals surface area (Å²) in [6.45, 7) is 8.85. The molecule has 244 valence electrons. The quantitative estimate of drug-likeness (QED) is 0.244. The van der Waals surface area contributed by atoms with E-state index in [-0.39, 0.29) is 30.6 Å². The molecule has 3 heterocycles. The number of amides is 3. The number of hydrogen-bond acceptors (Lipinski definition) is 6. The number of fused-ring (bicyclic) bond motifs is 1. The van der Waals surface area contributed by atoms with Crippen LogP contribution in [0.3, 0.4) is 0 Å². The Morgan fingerprint density at radius 1 is 1.09 bits per heavy atom. The molecular weight excluding hydrogens is 570 g/mol. The molecule has 5 rings (SSSR count). The number of urea groups is 1. The van der Waals surface area contributed by atoms with E-state index >= 15 is 0 Å². The molecule has 0 N–H and O–H groups in total. The van der Waals surface area contributed by atoms with Crippen LogP contribution in [0.5, 0.6) is 11.5 Å². The van der Waals surface area contributed by atoms with Crippen molar-refractivity contribution < 1.29 is 23.8 Å². The van der Waals surface area contributed by atoms with Gasteiger partial charge in [0.2, 0.25) is 5.91 Å². The highest BCUT2D eigenvalue weighted by atomic mass is 16.5. The Labute approximate surface area is 267 Å². The second-order valence-corrected chi connectivity index (χ2v) is 12.5. The molecule has 0 saturated carbocycles. The molecule has 2 aliphatic rings. The van der Waals surface area contributed by atoms with Crippen LogP contribution in [-0.2, 0) is 22.6 Å². The number of carbonyl (C=O) groups is 2. The normalized spacial score (nSPS) is 19.1. The lowest BCUT2D eigenvalue weighted by Gasteiger charge is -2.40. The Morgan fingerprint density at radius 2 is 1.93 bits per heavy atom. The third kappa shape index (κ3) is 7.73. The number of morpholine rings is 1. The second-order valence-electron chi connectivity index (χ2n) is 12.5. The number of rotatable bonds is 13. The summed E-state index contributed by atoms with van der Waals surface area (Å²) in [6.07, 6.45) is 6.07. The average Bonchev–Trinajstić information content (AvgIpc) is 3.44. The Balaban J connectivity index is 1.30. The first-order valence-corrected chi connectivity index (χ1v) is 16.3. The van der Waals surface area contributed by atoms with Crippen molar-refractivity contribution in [3.8, 4) is 11.5 Å². The summed E-state index contributed by atoms with van der Waals surface area (Å²) in [7, 11) is 5.67. The van der Waals surface area contributed by atoms with Crippen molar-refractivity contribution in [1.82, 2.24) is 19.3 Å². The van der Waals surface area contributed by atoms with Gasteiger partial charge in [0.25, 0.3) is 0 Å². The Morgan fingerprint density at radius 3 is 2.71 bits per heavy atom. The molecule has 0 bridgehead atoms. The van der Waals surface area contributed by atoms with Crippen molar-refractivity contribution in [3.63, 3.8) is 0 Å². The minimum absolute atomic E-state index is 0.0252. The predicted octanol–water partition coefficient (Wildman–Crippen LogP) is 5.23. The maximum atomic E-state index is 14.0. The number of likely N-dealkylation sites (N-methyl/N-ethyl adjacent to an activating group) is 1. The zero-order valence-electron chi connectivity index (χ0n) is 27.5. The summed E-state index contributed by atoms with van der Waals surface area (Å²) in [6, 6.07) is 14.0. The van der Waals surface area contributed by atoms with Crippen LogP contribution in [0.4, 0.5) is 10.5 Å². The summed E-state index contributed by atoms with van der Waals surface area (Å²) in [5, 5.41) is 1.06. The van der Waals surface area contributed by atoms with Gasteiger partial charge < -0.3 is 33.5 Å². The molecule has 3 amide bonds. The van der Waals surface area contributed by atoms with E-state index in [2.05, 4.69) is 30.9 Å². The first kappa shape index (κ1) is 32.6.